The molecule has 15 heavy (non-hydrogen) atoms. The number of aryl methyl sites for hydroxylation is 1. The van der Waals surface area contributed by atoms with Crippen molar-refractivity contribution in [3.05, 3.63) is 66.2 Å². The van der Waals surface area contributed by atoms with Crippen molar-refractivity contribution in [1.82, 2.24) is 0 Å². The molecule has 0 unspecified atom stereocenters. The van der Waals surface area contributed by atoms with Gasteiger partial charge in [-0.15, -0.1) is 0 Å². The number of rotatable bonds is 2. The molecule has 2 aromatic carbocycles. The first-order chi connectivity index (χ1) is 7.29. The minimum absolute atomic E-state index is 1.16. The Morgan fingerprint density at radius 2 is 1.27 bits per heavy atom. The summed E-state index contributed by atoms with van der Waals surface area (Å²) in [6, 6.07) is 17.0. The maximum absolute atomic E-state index is 3.74. The van der Waals surface area contributed by atoms with Crippen LogP contribution >= 0.6 is 0 Å². The molecule has 0 aliphatic rings. The van der Waals surface area contributed by atoms with Crippen LogP contribution in [0, 0.1) is 6.92 Å². The largest absolute Gasteiger partial charge is 0.0985 e. The average Bonchev–Trinajstić information content (AvgIpc) is 2.30. The molecule has 0 heterocycles. The first-order valence-corrected chi connectivity index (χ1v) is 5.09. The van der Waals surface area contributed by atoms with Crippen LogP contribution in [0.4, 0.5) is 0 Å². The lowest BCUT2D eigenvalue weighted by Crippen LogP contribution is -1.78. The maximum Gasteiger partial charge on any atom is -0.0184 e. The Bertz CT molecular complexity index is 446. The maximum atomic E-state index is 3.74. The molecule has 2 aromatic rings. The zero-order valence-corrected chi connectivity index (χ0v) is 8.90. The summed E-state index contributed by atoms with van der Waals surface area (Å²) >= 11 is 0. The predicted octanol–water partition coefficient (Wildman–Crippen LogP) is 4.31. The molecular formula is C15H14. The Morgan fingerprint density at radius 3 is 1.73 bits per heavy atom. The summed E-state index contributed by atoms with van der Waals surface area (Å²) < 4.78 is 0. The van der Waals surface area contributed by atoms with E-state index in [1.54, 1.807) is 0 Å². The Balaban J connectivity index is 2.37. The van der Waals surface area contributed by atoms with Crippen LogP contribution in [0.5, 0.6) is 0 Å². The van der Waals surface area contributed by atoms with Gasteiger partial charge < -0.3 is 0 Å². The van der Waals surface area contributed by atoms with Crippen LogP contribution in [-0.2, 0) is 0 Å². The van der Waals surface area contributed by atoms with Gasteiger partial charge in [0.15, 0.2) is 0 Å². The summed E-state index contributed by atoms with van der Waals surface area (Å²) in [4.78, 5) is 0. The van der Waals surface area contributed by atoms with Gasteiger partial charge in [-0.1, -0.05) is 66.7 Å². The van der Waals surface area contributed by atoms with Gasteiger partial charge in [-0.2, -0.15) is 0 Å². The molecule has 2 rings (SSSR count). The highest BCUT2D eigenvalue weighted by Gasteiger charge is 1.96. The Morgan fingerprint density at radius 1 is 0.800 bits per heavy atom. The van der Waals surface area contributed by atoms with E-state index in [1.165, 1.54) is 16.7 Å². The second-order valence-corrected chi connectivity index (χ2v) is 3.69. The monoisotopic (exact) mass is 194 g/mol. The Labute approximate surface area is 90.9 Å². The van der Waals surface area contributed by atoms with Crippen molar-refractivity contribution >= 4 is 6.08 Å². The highest BCUT2D eigenvalue weighted by molar-refractivity contribution is 5.65. The van der Waals surface area contributed by atoms with Crippen molar-refractivity contribution in [3.63, 3.8) is 0 Å². The van der Waals surface area contributed by atoms with Crippen molar-refractivity contribution in [2.24, 2.45) is 0 Å². The summed E-state index contributed by atoms with van der Waals surface area (Å²) in [7, 11) is 0. The van der Waals surface area contributed by atoms with E-state index in [9.17, 15) is 0 Å². The molecule has 0 heteroatoms. The third-order valence-corrected chi connectivity index (χ3v) is 2.53. The van der Waals surface area contributed by atoms with Crippen molar-refractivity contribution in [2.45, 2.75) is 6.92 Å². The van der Waals surface area contributed by atoms with Crippen molar-refractivity contribution in [2.75, 3.05) is 0 Å². The molecule has 0 aromatic heterocycles. The summed E-state index contributed by atoms with van der Waals surface area (Å²) in [5.41, 5.74) is 4.96. The van der Waals surface area contributed by atoms with E-state index in [0.717, 1.165) is 5.56 Å². The fourth-order valence-corrected chi connectivity index (χ4v) is 1.56. The standard InChI is InChI=1S/C15H14/c1-3-13-6-10-15(11-7-13)14-8-4-12(2)5-9-14/h3-11H,1H2,2H3. The zero-order chi connectivity index (χ0) is 10.7. The summed E-state index contributed by atoms with van der Waals surface area (Å²) in [5, 5.41) is 0. The van der Waals surface area contributed by atoms with E-state index in [4.69, 9.17) is 0 Å². The second-order valence-electron chi connectivity index (χ2n) is 3.69. The van der Waals surface area contributed by atoms with Crippen LogP contribution in [0.15, 0.2) is 55.1 Å². The van der Waals surface area contributed by atoms with E-state index in [2.05, 4.69) is 62.0 Å². The summed E-state index contributed by atoms with van der Waals surface area (Å²) in [5.74, 6) is 0. The predicted molar refractivity (Wildman–Crippen MR) is 66.7 cm³/mol. The first-order valence-electron chi connectivity index (χ1n) is 5.09. The van der Waals surface area contributed by atoms with E-state index >= 15 is 0 Å². The molecule has 0 fully saturated rings. The Hall–Kier alpha value is -1.82. The van der Waals surface area contributed by atoms with Crippen LogP contribution in [0.3, 0.4) is 0 Å². The molecule has 0 amide bonds. The molecule has 0 spiro atoms. The second kappa shape index (κ2) is 4.14. The van der Waals surface area contributed by atoms with E-state index < -0.39 is 0 Å². The smallest absolute Gasteiger partial charge is 0.0184 e. The minimum atomic E-state index is 1.16. The fraction of sp³-hybridized carbons (Fsp3) is 0.0667. The van der Waals surface area contributed by atoms with E-state index in [-0.39, 0.29) is 0 Å². The molecule has 0 bridgehead atoms. The van der Waals surface area contributed by atoms with Crippen LogP contribution in [0.2, 0.25) is 0 Å². The molecule has 0 N–H and O–H groups in total. The van der Waals surface area contributed by atoms with Gasteiger partial charge in [-0.25, -0.2) is 0 Å². The van der Waals surface area contributed by atoms with Crippen molar-refractivity contribution < 1.29 is 0 Å². The number of benzene rings is 2. The molecule has 0 saturated heterocycles. The SMILES string of the molecule is C=Cc1ccc(-c2ccc(C)cc2)cc1. The third-order valence-electron chi connectivity index (χ3n) is 2.53. The normalized spacial score (nSPS) is 9.93. The summed E-state index contributed by atoms with van der Waals surface area (Å²) in [6.07, 6.45) is 1.86. The highest BCUT2D eigenvalue weighted by atomic mass is 14.0. The lowest BCUT2D eigenvalue weighted by atomic mass is 10.0. The minimum Gasteiger partial charge on any atom is -0.0985 e. The fourth-order valence-electron chi connectivity index (χ4n) is 1.56. The van der Waals surface area contributed by atoms with E-state index in [0.29, 0.717) is 0 Å². The molecule has 0 saturated carbocycles. The third kappa shape index (κ3) is 2.16. The van der Waals surface area contributed by atoms with Gasteiger partial charge in [0.2, 0.25) is 0 Å². The van der Waals surface area contributed by atoms with Gasteiger partial charge in [0, 0.05) is 0 Å². The van der Waals surface area contributed by atoms with Gasteiger partial charge in [-0.3, -0.25) is 0 Å². The molecule has 0 radical (unpaired) electrons. The molecule has 0 aliphatic heterocycles. The van der Waals surface area contributed by atoms with Crippen LogP contribution in [0.1, 0.15) is 11.1 Å². The molecule has 0 aliphatic carbocycles. The molecule has 0 atom stereocenters. The number of hydrogen-bond donors (Lipinski definition) is 0. The zero-order valence-electron chi connectivity index (χ0n) is 8.90. The van der Waals surface area contributed by atoms with Gasteiger partial charge in [0.1, 0.15) is 0 Å². The lowest BCUT2D eigenvalue weighted by molar-refractivity contribution is 1.47. The first kappa shape index (κ1) is 9.72. The van der Waals surface area contributed by atoms with Gasteiger partial charge in [0.05, 0.1) is 0 Å². The lowest BCUT2D eigenvalue weighted by Gasteiger charge is -2.02. The van der Waals surface area contributed by atoms with E-state index in [1.807, 2.05) is 6.08 Å². The molecule has 0 nitrogen and oxygen atoms in total. The quantitative estimate of drug-likeness (QED) is 0.668. The average molecular weight is 194 g/mol. The summed E-state index contributed by atoms with van der Waals surface area (Å²) in [6.45, 7) is 5.85. The molecule has 74 valence electrons. The van der Waals surface area contributed by atoms with Crippen molar-refractivity contribution in [3.8, 4) is 11.1 Å². The Kier molecular flexibility index (Phi) is 2.68. The molecular weight excluding hydrogens is 180 g/mol. The van der Waals surface area contributed by atoms with Gasteiger partial charge in [-0.05, 0) is 23.6 Å². The highest BCUT2D eigenvalue weighted by Crippen LogP contribution is 2.20. The number of hydrogen-bond acceptors (Lipinski definition) is 0. The van der Waals surface area contributed by atoms with Crippen LogP contribution < -0.4 is 0 Å². The van der Waals surface area contributed by atoms with Crippen LogP contribution in [-0.4, -0.2) is 0 Å². The van der Waals surface area contributed by atoms with Gasteiger partial charge in [0.25, 0.3) is 0 Å². The van der Waals surface area contributed by atoms with Gasteiger partial charge >= 0.3 is 0 Å². The topological polar surface area (TPSA) is 0 Å². The van der Waals surface area contributed by atoms with Crippen LogP contribution in [0.25, 0.3) is 17.2 Å². The van der Waals surface area contributed by atoms with Crippen molar-refractivity contribution in [1.29, 1.82) is 0 Å².